The highest BCUT2D eigenvalue weighted by atomic mass is 32.2. The maximum absolute atomic E-state index is 12.6. The third-order valence-electron chi connectivity index (χ3n) is 5.91. The number of carbonyl (C=O) groups is 1. The van der Waals surface area contributed by atoms with Crippen LogP contribution in [0.15, 0.2) is 53.4 Å². The Labute approximate surface area is 195 Å². The Morgan fingerprint density at radius 1 is 0.939 bits per heavy atom. The van der Waals surface area contributed by atoms with E-state index in [2.05, 4.69) is 10.2 Å². The number of carbonyl (C=O) groups excluding carboxylic acids is 1. The fraction of sp³-hybridized carbons (Fsp3) is 0.458. The predicted octanol–water partition coefficient (Wildman–Crippen LogP) is 2.11. The summed E-state index contributed by atoms with van der Waals surface area (Å²) >= 11 is 0. The van der Waals surface area contributed by atoms with Crippen LogP contribution in [0.1, 0.15) is 28.8 Å². The van der Waals surface area contributed by atoms with Crippen molar-refractivity contribution in [1.82, 2.24) is 14.5 Å². The number of sulfonamides is 1. The lowest BCUT2D eigenvalue weighted by atomic mass is 10.1. The summed E-state index contributed by atoms with van der Waals surface area (Å²) in [6, 6.07) is 14.1. The van der Waals surface area contributed by atoms with Crippen LogP contribution in [0.3, 0.4) is 0 Å². The molecule has 0 saturated carbocycles. The molecule has 0 radical (unpaired) electrons. The Hall–Kier alpha value is -2.46. The third-order valence-corrected chi connectivity index (χ3v) is 7.82. The Kier molecular flexibility index (Phi) is 7.97. The first-order valence-electron chi connectivity index (χ1n) is 11.4. The van der Waals surface area contributed by atoms with E-state index < -0.39 is 10.0 Å². The van der Waals surface area contributed by atoms with E-state index >= 15 is 0 Å². The van der Waals surface area contributed by atoms with E-state index in [0.717, 1.165) is 45.7 Å². The van der Waals surface area contributed by atoms with Gasteiger partial charge in [0.25, 0.3) is 5.91 Å². The van der Waals surface area contributed by atoms with Crippen molar-refractivity contribution in [2.24, 2.45) is 0 Å². The van der Waals surface area contributed by atoms with E-state index in [1.807, 2.05) is 24.3 Å². The molecule has 4 rings (SSSR count). The normalized spacial score (nSPS) is 17.7. The van der Waals surface area contributed by atoms with E-state index in [9.17, 15) is 13.2 Å². The number of amides is 1. The predicted molar refractivity (Wildman–Crippen MR) is 125 cm³/mol. The second-order valence-electron chi connectivity index (χ2n) is 8.27. The van der Waals surface area contributed by atoms with Crippen molar-refractivity contribution < 1.29 is 22.7 Å². The zero-order chi connectivity index (χ0) is 23.1. The zero-order valence-corrected chi connectivity index (χ0v) is 19.6. The molecule has 0 atom stereocenters. The van der Waals surface area contributed by atoms with E-state index in [1.54, 1.807) is 24.3 Å². The van der Waals surface area contributed by atoms with Gasteiger partial charge in [0.05, 0.1) is 24.7 Å². The summed E-state index contributed by atoms with van der Waals surface area (Å²) in [7, 11) is -3.42. The summed E-state index contributed by atoms with van der Waals surface area (Å²) in [5, 5.41) is 2.85. The van der Waals surface area contributed by atoms with Crippen molar-refractivity contribution in [1.29, 1.82) is 0 Å². The molecule has 1 amide bonds. The Balaban J connectivity index is 1.20. The molecule has 0 bridgehead atoms. The minimum absolute atomic E-state index is 0.149. The number of benzene rings is 2. The average molecular weight is 474 g/mol. The highest BCUT2D eigenvalue weighted by Gasteiger charge is 2.26. The molecule has 1 N–H and O–H groups in total. The van der Waals surface area contributed by atoms with E-state index in [4.69, 9.17) is 9.47 Å². The molecule has 0 aliphatic carbocycles. The van der Waals surface area contributed by atoms with Crippen molar-refractivity contribution in [3.63, 3.8) is 0 Å². The van der Waals surface area contributed by atoms with Crippen molar-refractivity contribution in [3.05, 3.63) is 59.7 Å². The van der Waals surface area contributed by atoms with E-state index in [1.165, 1.54) is 9.87 Å². The van der Waals surface area contributed by atoms with Gasteiger partial charge < -0.3 is 14.8 Å². The molecule has 8 nitrogen and oxygen atoms in total. The van der Waals surface area contributed by atoms with Gasteiger partial charge >= 0.3 is 0 Å². The van der Waals surface area contributed by atoms with Gasteiger partial charge in [-0.2, -0.15) is 4.31 Å². The van der Waals surface area contributed by atoms with Gasteiger partial charge in [-0.05, 0) is 54.8 Å². The summed E-state index contributed by atoms with van der Waals surface area (Å²) in [6.07, 6.45) is 1.81. The lowest BCUT2D eigenvalue weighted by Gasteiger charge is -2.26. The van der Waals surface area contributed by atoms with Crippen molar-refractivity contribution >= 4 is 15.9 Å². The topological polar surface area (TPSA) is 88.2 Å². The van der Waals surface area contributed by atoms with Crippen LogP contribution in [0, 0.1) is 0 Å². The van der Waals surface area contributed by atoms with Crippen molar-refractivity contribution in [2.45, 2.75) is 24.3 Å². The fourth-order valence-electron chi connectivity index (χ4n) is 4.00. The van der Waals surface area contributed by atoms with Gasteiger partial charge in [0, 0.05) is 38.3 Å². The molecule has 2 aliphatic rings. The first-order chi connectivity index (χ1) is 16.0. The molecule has 2 aromatic carbocycles. The van der Waals surface area contributed by atoms with Crippen LogP contribution < -0.4 is 10.1 Å². The maximum Gasteiger partial charge on any atom is 0.251 e. The first kappa shape index (κ1) is 23.7. The summed E-state index contributed by atoms with van der Waals surface area (Å²) in [4.78, 5) is 15.0. The fourth-order valence-corrected chi connectivity index (χ4v) is 5.52. The van der Waals surface area contributed by atoms with Gasteiger partial charge in [-0.15, -0.1) is 0 Å². The smallest absolute Gasteiger partial charge is 0.251 e. The van der Waals surface area contributed by atoms with Crippen LogP contribution in [0.5, 0.6) is 5.75 Å². The summed E-state index contributed by atoms with van der Waals surface area (Å²) in [5.74, 6) is 0.417. The monoisotopic (exact) mass is 473 g/mol. The minimum atomic E-state index is -3.42. The lowest BCUT2D eigenvalue weighted by molar-refractivity contribution is 0.0342. The van der Waals surface area contributed by atoms with Gasteiger partial charge in [-0.1, -0.05) is 12.1 Å². The SMILES string of the molecule is O=C(NCCOc1ccc(S(=O)(=O)N2CCCC2)cc1)c1ccc(CN2CCOCC2)cc1. The van der Waals surface area contributed by atoms with Gasteiger partial charge in [0.15, 0.2) is 0 Å². The van der Waals surface area contributed by atoms with Crippen LogP contribution in [0.4, 0.5) is 0 Å². The molecule has 178 valence electrons. The molecule has 33 heavy (non-hydrogen) atoms. The summed E-state index contributed by atoms with van der Waals surface area (Å²) in [6.45, 7) is 6.06. The molecule has 2 saturated heterocycles. The largest absolute Gasteiger partial charge is 0.492 e. The molecule has 2 aliphatic heterocycles. The van der Waals surface area contributed by atoms with Crippen LogP contribution in [-0.4, -0.2) is 76.1 Å². The number of morpholine rings is 1. The average Bonchev–Trinajstić information content (AvgIpc) is 3.39. The zero-order valence-electron chi connectivity index (χ0n) is 18.7. The van der Waals surface area contributed by atoms with Crippen LogP contribution in [0.2, 0.25) is 0 Å². The number of hydrogen-bond acceptors (Lipinski definition) is 6. The van der Waals surface area contributed by atoms with Crippen LogP contribution in [-0.2, 0) is 21.3 Å². The molecular formula is C24H31N3O5S. The molecule has 0 spiro atoms. The summed E-state index contributed by atoms with van der Waals surface area (Å²) in [5.41, 5.74) is 1.78. The molecular weight excluding hydrogens is 442 g/mol. The van der Waals surface area contributed by atoms with Gasteiger partial charge in [-0.3, -0.25) is 9.69 Å². The Morgan fingerprint density at radius 3 is 2.27 bits per heavy atom. The molecule has 0 unspecified atom stereocenters. The van der Waals surface area contributed by atoms with Gasteiger partial charge in [0.2, 0.25) is 10.0 Å². The third kappa shape index (κ3) is 6.32. The van der Waals surface area contributed by atoms with Gasteiger partial charge in [0.1, 0.15) is 12.4 Å². The standard InChI is InChI=1S/C24H31N3O5S/c28-24(21-5-3-20(4-6-21)19-26-14-17-31-18-15-26)25-11-16-32-22-7-9-23(10-8-22)33(29,30)27-12-1-2-13-27/h3-10H,1-2,11-19H2,(H,25,28). The lowest BCUT2D eigenvalue weighted by Crippen LogP contribution is -2.35. The molecule has 2 heterocycles. The summed E-state index contributed by atoms with van der Waals surface area (Å²) < 4.78 is 37.7. The minimum Gasteiger partial charge on any atom is -0.492 e. The number of nitrogens with one attached hydrogen (secondary N) is 1. The van der Waals surface area contributed by atoms with Gasteiger partial charge in [-0.25, -0.2) is 8.42 Å². The first-order valence-corrected chi connectivity index (χ1v) is 12.9. The number of hydrogen-bond donors (Lipinski definition) is 1. The quantitative estimate of drug-likeness (QED) is 0.562. The molecule has 2 aromatic rings. The van der Waals surface area contributed by atoms with Crippen molar-refractivity contribution in [2.75, 3.05) is 52.5 Å². The van der Waals surface area contributed by atoms with E-state index in [-0.39, 0.29) is 10.8 Å². The second-order valence-corrected chi connectivity index (χ2v) is 10.2. The Bertz CT molecular complexity index is 1010. The maximum atomic E-state index is 12.6. The highest BCUT2D eigenvalue weighted by molar-refractivity contribution is 7.89. The molecule has 2 fully saturated rings. The Morgan fingerprint density at radius 2 is 1.61 bits per heavy atom. The number of nitrogens with zero attached hydrogens (tertiary/aromatic N) is 2. The van der Waals surface area contributed by atoms with Crippen LogP contribution in [0.25, 0.3) is 0 Å². The molecule has 0 aromatic heterocycles. The highest BCUT2D eigenvalue weighted by Crippen LogP contribution is 2.22. The van der Waals surface area contributed by atoms with Crippen molar-refractivity contribution in [3.8, 4) is 5.75 Å². The van der Waals surface area contributed by atoms with Crippen LogP contribution >= 0.6 is 0 Å². The molecule has 9 heteroatoms. The second kappa shape index (κ2) is 11.1. The van der Waals surface area contributed by atoms with E-state index in [0.29, 0.717) is 37.6 Å². The number of rotatable bonds is 9. The number of ether oxygens (including phenoxy) is 2.